The Bertz CT molecular complexity index is 418. The van der Waals surface area contributed by atoms with E-state index in [2.05, 4.69) is 32.0 Å². The van der Waals surface area contributed by atoms with Crippen molar-refractivity contribution < 1.29 is 4.74 Å². The van der Waals surface area contributed by atoms with Crippen LogP contribution in [0.4, 0.5) is 0 Å². The van der Waals surface area contributed by atoms with Crippen LogP contribution in [0.3, 0.4) is 0 Å². The van der Waals surface area contributed by atoms with Gasteiger partial charge in [-0.05, 0) is 37.8 Å². The van der Waals surface area contributed by atoms with Gasteiger partial charge in [0.15, 0.2) is 0 Å². The predicted octanol–water partition coefficient (Wildman–Crippen LogP) is 3.77. The topological polar surface area (TPSA) is 33.0 Å². The Labute approximate surface area is 103 Å². The largest absolute Gasteiger partial charge is 0.491 e. The van der Waals surface area contributed by atoms with E-state index < -0.39 is 0 Å². The van der Waals surface area contributed by atoms with Crippen LogP contribution >= 0.6 is 0 Å². The van der Waals surface area contributed by atoms with E-state index in [0.717, 1.165) is 42.6 Å². The number of nitrogens with zero attached hydrogens (tertiary/aromatic N) is 1. The van der Waals surface area contributed by atoms with Crippen LogP contribution in [0.5, 0.6) is 5.75 Å². The van der Waals surface area contributed by atoms with Crippen LogP contribution in [-0.2, 0) is 0 Å². The summed E-state index contributed by atoms with van der Waals surface area (Å²) < 4.78 is 5.92. The molecule has 0 heterocycles. The molecule has 2 nitrogen and oxygen atoms in total. The summed E-state index contributed by atoms with van der Waals surface area (Å²) in [4.78, 5) is 0. The monoisotopic (exact) mass is 229 g/mol. The summed E-state index contributed by atoms with van der Waals surface area (Å²) >= 11 is 0. The van der Waals surface area contributed by atoms with E-state index in [1.54, 1.807) is 0 Å². The highest BCUT2D eigenvalue weighted by Crippen LogP contribution is 2.38. The Balaban J connectivity index is 2.10. The molecule has 1 aromatic carbocycles. The van der Waals surface area contributed by atoms with Crippen molar-refractivity contribution >= 4 is 0 Å². The van der Waals surface area contributed by atoms with Crippen LogP contribution in [-0.4, -0.2) is 6.61 Å². The molecule has 0 saturated heterocycles. The fourth-order valence-corrected chi connectivity index (χ4v) is 2.58. The average Bonchev–Trinajstić information content (AvgIpc) is 2.78. The van der Waals surface area contributed by atoms with Gasteiger partial charge in [-0.3, -0.25) is 0 Å². The number of ether oxygens (including phenoxy) is 1. The van der Waals surface area contributed by atoms with E-state index in [0.29, 0.717) is 6.61 Å². The summed E-state index contributed by atoms with van der Waals surface area (Å²) in [5.41, 5.74) is 2.06. The van der Waals surface area contributed by atoms with Crippen LogP contribution in [0.2, 0.25) is 0 Å². The van der Waals surface area contributed by atoms with Gasteiger partial charge in [0.05, 0.1) is 11.5 Å². The second kappa shape index (κ2) is 4.79. The molecule has 0 N–H and O–H groups in total. The lowest BCUT2D eigenvalue weighted by Gasteiger charge is -2.22. The van der Waals surface area contributed by atoms with E-state index in [1.807, 2.05) is 6.07 Å². The number of aryl methyl sites for hydroxylation is 2. The highest BCUT2D eigenvalue weighted by atomic mass is 16.5. The van der Waals surface area contributed by atoms with Crippen molar-refractivity contribution in [2.24, 2.45) is 5.41 Å². The molecule has 90 valence electrons. The first kappa shape index (κ1) is 12.0. The molecular weight excluding hydrogens is 210 g/mol. The minimum Gasteiger partial charge on any atom is -0.491 e. The molecule has 0 aromatic heterocycles. The minimum absolute atomic E-state index is 0.241. The Kier molecular flexibility index (Phi) is 3.38. The van der Waals surface area contributed by atoms with E-state index in [-0.39, 0.29) is 5.41 Å². The normalized spacial score (nSPS) is 17.7. The van der Waals surface area contributed by atoms with Crippen LogP contribution in [0.25, 0.3) is 0 Å². The molecule has 0 amide bonds. The van der Waals surface area contributed by atoms with Gasteiger partial charge < -0.3 is 4.74 Å². The molecule has 0 radical (unpaired) electrons. The zero-order chi connectivity index (χ0) is 12.3. The van der Waals surface area contributed by atoms with Crippen LogP contribution in [0.1, 0.15) is 36.8 Å². The lowest BCUT2D eigenvalue weighted by molar-refractivity contribution is 0.199. The van der Waals surface area contributed by atoms with Gasteiger partial charge in [0.2, 0.25) is 0 Å². The molecular formula is C15H19NO. The standard InChI is InChI=1S/C15H19NO/c1-12-6-5-7-13(2)14(12)17-11-15(10-16)8-3-4-9-15/h5-7H,3-4,8-9,11H2,1-2H3. The quantitative estimate of drug-likeness (QED) is 0.790. The number of hydrogen-bond donors (Lipinski definition) is 0. The Morgan fingerprint density at radius 1 is 1.24 bits per heavy atom. The molecule has 0 aliphatic heterocycles. The number of nitriles is 1. The summed E-state index contributed by atoms with van der Waals surface area (Å²) in [6.45, 7) is 4.64. The van der Waals surface area contributed by atoms with Gasteiger partial charge in [0.1, 0.15) is 12.4 Å². The SMILES string of the molecule is Cc1cccc(C)c1OCC1(C#N)CCCC1. The van der Waals surface area contributed by atoms with Crippen molar-refractivity contribution in [2.75, 3.05) is 6.61 Å². The second-order valence-electron chi connectivity index (χ2n) is 5.11. The number of hydrogen-bond acceptors (Lipinski definition) is 2. The van der Waals surface area contributed by atoms with E-state index in [1.165, 1.54) is 0 Å². The summed E-state index contributed by atoms with van der Waals surface area (Å²) in [6.07, 6.45) is 4.27. The lowest BCUT2D eigenvalue weighted by Crippen LogP contribution is -2.23. The van der Waals surface area contributed by atoms with Gasteiger partial charge in [-0.15, -0.1) is 0 Å². The molecule has 0 bridgehead atoms. The van der Waals surface area contributed by atoms with Crippen molar-refractivity contribution in [3.05, 3.63) is 29.3 Å². The summed E-state index contributed by atoms with van der Waals surface area (Å²) in [7, 11) is 0. The van der Waals surface area contributed by atoms with Gasteiger partial charge in [-0.25, -0.2) is 0 Å². The van der Waals surface area contributed by atoms with E-state index in [4.69, 9.17) is 4.74 Å². The highest BCUT2D eigenvalue weighted by molar-refractivity contribution is 5.39. The van der Waals surface area contributed by atoms with Crippen LogP contribution in [0.15, 0.2) is 18.2 Å². The molecule has 0 unspecified atom stereocenters. The molecule has 2 heteroatoms. The van der Waals surface area contributed by atoms with E-state index >= 15 is 0 Å². The van der Waals surface area contributed by atoms with Gasteiger partial charge in [-0.2, -0.15) is 5.26 Å². The lowest BCUT2D eigenvalue weighted by atomic mass is 9.89. The second-order valence-corrected chi connectivity index (χ2v) is 5.11. The van der Waals surface area contributed by atoms with Crippen LogP contribution in [0, 0.1) is 30.6 Å². The van der Waals surface area contributed by atoms with Crippen LogP contribution < -0.4 is 4.74 Å². The van der Waals surface area contributed by atoms with Gasteiger partial charge in [0, 0.05) is 0 Å². The maximum absolute atomic E-state index is 9.30. The Morgan fingerprint density at radius 3 is 2.35 bits per heavy atom. The van der Waals surface area contributed by atoms with Gasteiger partial charge in [-0.1, -0.05) is 31.0 Å². The molecule has 0 atom stereocenters. The van der Waals surface area contributed by atoms with Crippen molar-refractivity contribution in [1.29, 1.82) is 5.26 Å². The van der Waals surface area contributed by atoms with Gasteiger partial charge >= 0.3 is 0 Å². The molecule has 17 heavy (non-hydrogen) atoms. The Hall–Kier alpha value is -1.49. The van der Waals surface area contributed by atoms with Crippen molar-refractivity contribution in [3.63, 3.8) is 0 Å². The average molecular weight is 229 g/mol. The summed E-state index contributed by atoms with van der Waals surface area (Å²) in [5, 5.41) is 9.30. The third-order valence-electron chi connectivity index (χ3n) is 3.70. The first-order valence-corrected chi connectivity index (χ1v) is 6.27. The highest BCUT2D eigenvalue weighted by Gasteiger charge is 2.35. The van der Waals surface area contributed by atoms with Crippen molar-refractivity contribution in [2.45, 2.75) is 39.5 Å². The smallest absolute Gasteiger partial charge is 0.125 e. The molecule has 1 saturated carbocycles. The first-order valence-electron chi connectivity index (χ1n) is 6.27. The minimum atomic E-state index is -0.241. The molecule has 0 spiro atoms. The number of para-hydroxylation sites is 1. The summed E-state index contributed by atoms with van der Waals surface area (Å²) in [6, 6.07) is 8.60. The van der Waals surface area contributed by atoms with E-state index in [9.17, 15) is 5.26 Å². The molecule has 1 aliphatic rings. The number of benzene rings is 1. The fourth-order valence-electron chi connectivity index (χ4n) is 2.58. The number of rotatable bonds is 3. The Morgan fingerprint density at radius 2 is 1.82 bits per heavy atom. The van der Waals surface area contributed by atoms with Crippen molar-refractivity contribution in [3.8, 4) is 11.8 Å². The third kappa shape index (κ3) is 2.44. The van der Waals surface area contributed by atoms with Gasteiger partial charge in [0.25, 0.3) is 0 Å². The van der Waals surface area contributed by atoms with Crippen molar-refractivity contribution in [1.82, 2.24) is 0 Å². The molecule has 1 aliphatic carbocycles. The molecule has 1 aromatic rings. The third-order valence-corrected chi connectivity index (χ3v) is 3.70. The summed E-state index contributed by atoms with van der Waals surface area (Å²) in [5.74, 6) is 0.953. The zero-order valence-electron chi connectivity index (χ0n) is 10.6. The predicted molar refractivity (Wildman–Crippen MR) is 67.9 cm³/mol. The first-order chi connectivity index (χ1) is 8.17. The zero-order valence-corrected chi connectivity index (χ0v) is 10.6. The fraction of sp³-hybridized carbons (Fsp3) is 0.533. The maximum atomic E-state index is 9.30. The molecule has 1 fully saturated rings. The maximum Gasteiger partial charge on any atom is 0.125 e. The molecule has 2 rings (SSSR count).